The number of Topliss-reactive ketones (excluding diaryl/α,β-unsaturated/α-hetero) is 1. The first-order valence-electron chi connectivity index (χ1n) is 3.99. The molecule has 70 valence electrons. The van der Waals surface area contributed by atoms with Crippen LogP contribution in [0, 0.1) is 0 Å². The smallest absolute Gasteiger partial charge is 0.233 e. The first-order chi connectivity index (χ1) is 6.59. The Morgan fingerprint density at radius 3 is 2.57 bits per heavy atom. The largest absolute Gasteiger partial charge is 0.507 e. The molecule has 0 amide bonds. The summed E-state index contributed by atoms with van der Waals surface area (Å²) in [6.07, 6.45) is 0.907. The summed E-state index contributed by atoms with van der Waals surface area (Å²) in [6.45, 7) is 0. The maximum Gasteiger partial charge on any atom is 0.233 e. The van der Waals surface area contributed by atoms with E-state index in [9.17, 15) is 14.7 Å². The van der Waals surface area contributed by atoms with Crippen molar-refractivity contribution >= 4 is 23.0 Å². The van der Waals surface area contributed by atoms with Gasteiger partial charge >= 0.3 is 0 Å². The molecule has 1 aromatic rings. The van der Waals surface area contributed by atoms with Crippen LogP contribution in [0.4, 0.5) is 5.69 Å². The summed E-state index contributed by atoms with van der Waals surface area (Å²) in [5.41, 5.74) is 6.44. The molecule has 0 saturated carbocycles. The van der Waals surface area contributed by atoms with Gasteiger partial charge in [-0.1, -0.05) is 0 Å². The summed E-state index contributed by atoms with van der Waals surface area (Å²) in [5.74, 6) is -1.53. The highest BCUT2D eigenvalue weighted by molar-refractivity contribution is 6.50. The highest BCUT2D eigenvalue weighted by Crippen LogP contribution is 2.24. The third-order valence-electron chi connectivity index (χ3n) is 2.06. The molecule has 0 saturated heterocycles. The average molecular weight is 189 g/mol. The van der Waals surface area contributed by atoms with Gasteiger partial charge in [-0.15, -0.1) is 0 Å². The number of aliphatic hydroxyl groups excluding tert-OH is 1. The number of rotatable bonds is 0. The standard InChI is InChI=1S/C10H7NO3/c11-5-1-2-6-7(3-5)8(12)4-9(13)10(6)14/h1-4,12H,11H2. The molecule has 0 unspecified atom stereocenters. The number of hydrogen-bond donors (Lipinski definition) is 2. The fourth-order valence-electron chi connectivity index (χ4n) is 1.37. The van der Waals surface area contributed by atoms with E-state index in [0.29, 0.717) is 11.3 Å². The van der Waals surface area contributed by atoms with Crippen molar-refractivity contribution in [3.63, 3.8) is 0 Å². The van der Waals surface area contributed by atoms with Gasteiger partial charge in [-0.25, -0.2) is 0 Å². The maximum atomic E-state index is 11.3. The van der Waals surface area contributed by atoms with Gasteiger partial charge in [0.25, 0.3) is 0 Å². The number of carbonyl (C=O) groups excluding carboxylic acids is 2. The number of aliphatic hydroxyl groups is 1. The number of nitrogens with two attached hydrogens (primary N) is 1. The van der Waals surface area contributed by atoms with Gasteiger partial charge in [0.1, 0.15) is 5.76 Å². The Labute approximate surface area is 79.7 Å². The molecule has 0 atom stereocenters. The van der Waals surface area contributed by atoms with Crippen LogP contribution in [0.1, 0.15) is 15.9 Å². The summed E-state index contributed by atoms with van der Waals surface area (Å²) in [4.78, 5) is 22.4. The van der Waals surface area contributed by atoms with Gasteiger partial charge in [-0.2, -0.15) is 0 Å². The van der Waals surface area contributed by atoms with Gasteiger partial charge in [0.05, 0.1) is 0 Å². The maximum absolute atomic E-state index is 11.3. The Bertz CT molecular complexity index is 474. The van der Waals surface area contributed by atoms with Gasteiger partial charge in [0.15, 0.2) is 0 Å². The molecule has 0 aromatic heterocycles. The lowest BCUT2D eigenvalue weighted by Gasteiger charge is -2.11. The predicted octanol–water partition coefficient (Wildman–Crippen LogP) is 0.933. The minimum atomic E-state index is -0.709. The number of hydrogen-bond acceptors (Lipinski definition) is 4. The first-order valence-corrected chi connectivity index (χ1v) is 3.99. The molecule has 14 heavy (non-hydrogen) atoms. The molecule has 1 aromatic carbocycles. The molecule has 3 N–H and O–H groups in total. The molecule has 4 nitrogen and oxygen atoms in total. The molecule has 0 heterocycles. The molecule has 4 heteroatoms. The highest BCUT2D eigenvalue weighted by Gasteiger charge is 2.25. The molecule has 0 spiro atoms. The van der Waals surface area contributed by atoms with Crippen LogP contribution in [-0.4, -0.2) is 16.7 Å². The van der Waals surface area contributed by atoms with Gasteiger partial charge in [-0.05, 0) is 18.2 Å². The number of carbonyl (C=O) groups is 2. The lowest BCUT2D eigenvalue weighted by atomic mass is 9.93. The lowest BCUT2D eigenvalue weighted by molar-refractivity contribution is -0.111. The molecule has 0 aliphatic heterocycles. The highest BCUT2D eigenvalue weighted by atomic mass is 16.3. The number of ketones is 2. The monoisotopic (exact) mass is 189 g/mol. The average Bonchev–Trinajstić information content (AvgIpc) is 2.14. The Morgan fingerprint density at radius 2 is 1.86 bits per heavy atom. The van der Waals surface area contributed by atoms with Gasteiger partial charge in [-0.3, -0.25) is 9.59 Å². The van der Waals surface area contributed by atoms with Gasteiger partial charge < -0.3 is 10.8 Å². The molecule has 0 bridgehead atoms. The number of fused-ring (bicyclic) bond motifs is 1. The summed E-state index contributed by atoms with van der Waals surface area (Å²) >= 11 is 0. The Balaban J connectivity index is 2.72. The van der Waals surface area contributed by atoms with Crippen molar-refractivity contribution in [2.45, 2.75) is 0 Å². The van der Waals surface area contributed by atoms with Crippen molar-refractivity contribution in [1.82, 2.24) is 0 Å². The zero-order valence-corrected chi connectivity index (χ0v) is 7.15. The van der Waals surface area contributed by atoms with Crippen molar-refractivity contribution in [2.24, 2.45) is 0 Å². The van der Waals surface area contributed by atoms with Crippen molar-refractivity contribution in [1.29, 1.82) is 0 Å². The van der Waals surface area contributed by atoms with E-state index in [2.05, 4.69) is 0 Å². The normalized spacial score (nSPS) is 15.0. The van der Waals surface area contributed by atoms with E-state index in [-0.39, 0.29) is 11.3 Å². The van der Waals surface area contributed by atoms with Crippen molar-refractivity contribution in [2.75, 3.05) is 5.73 Å². The fourth-order valence-corrected chi connectivity index (χ4v) is 1.37. The number of nitrogen functional groups attached to an aromatic ring is 1. The van der Waals surface area contributed by atoms with E-state index >= 15 is 0 Å². The molecule has 1 aliphatic rings. The number of anilines is 1. The summed E-state index contributed by atoms with van der Waals surface area (Å²) < 4.78 is 0. The third kappa shape index (κ3) is 1.08. The van der Waals surface area contributed by atoms with Gasteiger partial charge in [0.2, 0.25) is 11.6 Å². The van der Waals surface area contributed by atoms with Crippen LogP contribution in [0.5, 0.6) is 0 Å². The second-order valence-corrected chi connectivity index (χ2v) is 3.03. The first kappa shape index (κ1) is 8.50. The molecule has 0 radical (unpaired) electrons. The van der Waals surface area contributed by atoms with Crippen LogP contribution < -0.4 is 5.73 Å². The van der Waals surface area contributed by atoms with Crippen molar-refractivity contribution in [3.8, 4) is 0 Å². The van der Waals surface area contributed by atoms with E-state index in [1.165, 1.54) is 18.2 Å². The van der Waals surface area contributed by atoms with Crippen LogP contribution in [0.3, 0.4) is 0 Å². The second-order valence-electron chi connectivity index (χ2n) is 3.03. The number of benzene rings is 1. The second kappa shape index (κ2) is 2.70. The Morgan fingerprint density at radius 1 is 1.14 bits per heavy atom. The SMILES string of the molecule is Nc1ccc2c(c1)C(O)=CC(=O)C2=O. The molecule has 1 aliphatic carbocycles. The van der Waals surface area contributed by atoms with Gasteiger partial charge in [0, 0.05) is 22.9 Å². The van der Waals surface area contributed by atoms with Crippen molar-refractivity contribution in [3.05, 3.63) is 35.4 Å². The van der Waals surface area contributed by atoms with E-state index in [1.54, 1.807) is 0 Å². The van der Waals surface area contributed by atoms with Crippen LogP contribution >= 0.6 is 0 Å². The minimum Gasteiger partial charge on any atom is -0.507 e. The summed E-state index contributed by atoms with van der Waals surface area (Å²) in [6, 6.07) is 4.42. The van der Waals surface area contributed by atoms with E-state index in [1.807, 2.05) is 0 Å². The summed E-state index contributed by atoms with van der Waals surface area (Å²) in [5, 5.41) is 9.41. The predicted molar refractivity (Wildman–Crippen MR) is 50.8 cm³/mol. The van der Waals surface area contributed by atoms with E-state index < -0.39 is 11.6 Å². The van der Waals surface area contributed by atoms with Crippen LogP contribution in [0.25, 0.3) is 5.76 Å². The zero-order chi connectivity index (χ0) is 10.3. The fraction of sp³-hybridized carbons (Fsp3) is 0. The van der Waals surface area contributed by atoms with Crippen LogP contribution in [0.15, 0.2) is 24.3 Å². The molecule has 2 rings (SSSR count). The molecule has 0 fully saturated rings. The van der Waals surface area contributed by atoms with Crippen LogP contribution in [0.2, 0.25) is 0 Å². The van der Waals surface area contributed by atoms with E-state index in [0.717, 1.165) is 6.08 Å². The van der Waals surface area contributed by atoms with E-state index in [4.69, 9.17) is 5.73 Å². The topological polar surface area (TPSA) is 80.4 Å². The number of allylic oxidation sites excluding steroid dienone is 1. The quantitative estimate of drug-likeness (QED) is 0.470. The molecular weight excluding hydrogens is 182 g/mol. The third-order valence-corrected chi connectivity index (χ3v) is 2.06. The Kier molecular flexibility index (Phi) is 1.64. The summed E-state index contributed by atoms with van der Waals surface area (Å²) in [7, 11) is 0. The Hall–Kier alpha value is -2.10. The lowest BCUT2D eigenvalue weighted by Crippen LogP contribution is -2.18. The minimum absolute atomic E-state index is 0.198. The van der Waals surface area contributed by atoms with Crippen molar-refractivity contribution < 1.29 is 14.7 Å². The van der Waals surface area contributed by atoms with Crippen LogP contribution in [-0.2, 0) is 4.79 Å². The molecular formula is C10H7NO3. The zero-order valence-electron chi connectivity index (χ0n) is 7.15.